The molecule has 0 radical (unpaired) electrons. The van der Waals surface area contributed by atoms with Crippen LogP contribution >= 0.6 is 11.8 Å². The van der Waals surface area contributed by atoms with Crippen LogP contribution in [0.2, 0.25) is 0 Å². The minimum Gasteiger partial charge on any atom is -0.377 e. The van der Waals surface area contributed by atoms with E-state index in [-0.39, 0.29) is 0 Å². The van der Waals surface area contributed by atoms with E-state index in [1.165, 1.54) is 19.3 Å². The van der Waals surface area contributed by atoms with E-state index in [0.29, 0.717) is 11.9 Å². The van der Waals surface area contributed by atoms with Gasteiger partial charge < -0.3 is 4.74 Å². The summed E-state index contributed by atoms with van der Waals surface area (Å²) in [6.45, 7) is 0.914. The number of nitriles is 1. The van der Waals surface area contributed by atoms with Crippen molar-refractivity contribution in [2.75, 3.05) is 18.1 Å². The first-order valence-electron chi connectivity index (χ1n) is 4.00. The number of hydrogen-bond donors (Lipinski definition) is 0. The fourth-order valence-electron chi connectivity index (χ4n) is 1.17. The Bertz CT molecular complexity index is 138. The first-order chi connectivity index (χ1) is 5.43. The summed E-state index contributed by atoms with van der Waals surface area (Å²) in [4.78, 5) is 0. The van der Waals surface area contributed by atoms with E-state index >= 15 is 0 Å². The Kier molecular flexibility index (Phi) is 4.41. The molecule has 0 aromatic heterocycles. The van der Waals surface area contributed by atoms with Crippen LogP contribution in [0.15, 0.2) is 0 Å². The third kappa shape index (κ3) is 3.64. The highest BCUT2D eigenvalue weighted by atomic mass is 32.2. The highest BCUT2D eigenvalue weighted by Gasteiger charge is 2.12. The molecule has 1 rings (SSSR count). The lowest BCUT2D eigenvalue weighted by Gasteiger charge is -2.21. The molecule has 0 spiro atoms. The third-order valence-electron chi connectivity index (χ3n) is 1.74. The molecule has 2 nitrogen and oxygen atoms in total. The Balaban J connectivity index is 2.01. The van der Waals surface area contributed by atoms with Crippen molar-refractivity contribution in [1.29, 1.82) is 5.26 Å². The maximum atomic E-state index is 8.28. The topological polar surface area (TPSA) is 33.0 Å². The quantitative estimate of drug-likeness (QED) is 0.607. The van der Waals surface area contributed by atoms with E-state index in [2.05, 4.69) is 6.07 Å². The molecule has 1 aliphatic rings. The normalized spacial score (nSPS) is 24.5. The van der Waals surface area contributed by atoms with Gasteiger partial charge in [0.05, 0.1) is 17.9 Å². The van der Waals surface area contributed by atoms with Crippen LogP contribution in [0.1, 0.15) is 19.3 Å². The number of hydrogen-bond acceptors (Lipinski definition) is 3. The largest absolute Gasteiger partial charge is 0.377 e. The van der Waals surface area contributed by atoms with E-state index < -0.39 is 0 Å². The minimum atomic E-state index is 0.419. The zero-order chi connectivity index (χ0) is 7.94. The second-order valence-electron chi connectivity index (χ2n) is 2.66. The average Bonchev–Trinajstić information content (AvgIpc) is 2.07. The average molecular weight is 171 g/mol. The molecule has 1 atom stereocenters. The molecule has 0 amide bonds. The second kappa shape index (κ2) is 5.45. The van der Waals surface area contributed by atoms with Crippen molar-refractivity contribution in [3.05, 3.63) is 0 Å². The maximum Gasteiger partial charge on any atom is 0.0809 e. The molecule has 1 heterocycles. The standard InChI is InChI=1S/C8H13NOS/c9-4-6-11-7-8-3-1-2-5-10-8/h8H,1-3,5-7H2. The van der Waals surface area contributed by atoms with Crippen molar-refractivity contribution in [3.63, 3.8) is 0 Å². The van der Waals surface area contributed by atoms with E-state index in [1.54, 1.807) is 11.8 Å². The molecule has 0 N–H and O–H groups in total. The minimum absolute atomic E-state index is 0.419. The Morgan fingerprint density at radius 1 is 1.55 bits per heavy atom. The summed E-state index contributed by atoms with van der Waals surface area (Å²) in [7, 11) is 0. The summed E-state index contributed by atoms with van der Waals surface area (Å²) in [6, 6.07) is 2.11. The maximum absolute atomic E-state index is 8.28. The number of thioether (sulfide) groups is 1. The third-order valence-corrected chi connectivity index (χ3v) is 2.69. The lowest BCUT2D eigenvalue weighted by Crippen LogP contribution is -2.21. The summed E-state index contributed by atoms with van der Waals surface area (Å²) in [6.07, 6.45) is 4.09. The van der Waals surface area contributed by atoms with Gasteiger partial charge in [-0.1, -0.05) is 0 Å². The van der Waals surface area contributed by atoms with Crippen LogP contribution in [0, 0.1) is 11.3 Å². The highest BCUT2D eigenvalue weighted by Crippen LogP contribution is 2.16. The lowest BCUT2D eigenvalue weighted by atomic mass is 10.1. The lowest BCUT2D eigenvalue weighted by molar-refractivity contribution is 0.0316. The summed E-state index contributed by atoms with van der Waals surface area (Å²) >= 11 is 1.67. The smallest absolute Gasteiger partial charge is 0.0809 e. The summed E-state index contributed by atoms with van der Waals surface area (Å²) in [5.41, 5.74) is 0. The predicted molar refractivity (Wildman–Crippen MR) is 46.5 cm³/mol. The molecule has 0 aromatic carbocycles. The summed E-state index contributed by atoms with van der Waals surface area (Å²) in [5.74, 6) is 1.59. The monoisotopic (exact) mass is 171 g/mol. The van der Waals surface area contributed by atoms with E-state index in [9.17, 15) is 0 Å². The number of rotatable bonds is 3. The number of ether oxygens (including phenoxy) is 1. The molecule has 0 bridgehead atoms. The van der Waals surface area contributed by atoms with Crippen LogP contribution in [0.4, 0.5) is 0 Å². The van der Waals surface area contributed by atoms with Crippen LogP contribution in [0.25, 0.3) is 0 Å². The van der Waals surface area contributed by atoms with Crippen molar-refractivity contribution in [3.8, 4) is 6.07 Å². The fraction of sp³-hybridized carbons (Fsp3) is 0.875. The molecule has 1 fully saturated rings. The molecular weight excluding hydrogens is 158 g/mol. The van der Waals surface area contributed by atoms with Crippen LogP contribution in [-0.4, -0.2) is 24.2 Å². The Hall–Kier alpha value is -0.200. The van der Waals surface area contributed by atoms with E-state index in [0.717, 1.165) is 12.4 Å². The van der Waals surface area contributed by atoms with Gasteiger partial charge in [0.15, 0.2) is 0 Å². The van der Waals surface area contributed by atoms with Gasteiger partial charge >= 0.3 is 0 Å². The van der Waals surface area contributed by atoms with Gasteiger partial charge in [0, 0.05) is 12.4 Å². The van der Waals surface area contributed by atoms with Crippen LogP contribution < -0.4 is 0 Å². The molecule has 0 aromatic rings. The SMILES string of the molecule is N#CCSCC1CCCCO1. The van der Waals surface area contributed by atoms with Crippen LogP contribution in [0.5, 0.6) is 0 Å². The van der Waals surface area contributed by atoms with Gasteiger partial charge in [-0.15, -0.1) is 11.8 Å². The van der Waals surface area contributed by atoms with Gasteiger partial charge in [0.25, 0.3) is 0 Å². The predicted octanol–water partition coefficient (Wildman–Crippen LogP) is 1.81. The van der Waals surface area contributed by atoms with Gasteiger partial charge in [0.1, 0.15) is 0 Å². The van der Waals surface area contributed by atoms with Crippen molar-refractivity contribution < 1.29 is 4.74 Å². The van der Waals surface area contributed by atoms with E-state index in [1.807, 2.05) is 0 Å². The van der Waals surface area contributed by atoms with Crippen LogP contribution in [0.3, 0.4) is 0 Å². The number of nitrogens with zero attached hydrogens (tertiary/aromatic N) is 1. The first-order valence-corrected chi connectivity index (χ1v) is 5.15. The molecule has 1 aliphatic heterocycles. The molecular formula is C8H13NOS. The van der Waals surface area contributed by atoms with Crippen LogP contribution in [-0.2, 0) is 4.74 Å². The molecule has 0 aliphatic carbocycles. The Morgan fingerprint density at radius 2 is 2.45 bits per heavy atom. The highest BCUT2D eigenvalue weighted by molar-refractivity contribution is 7.99. The van der Waals surface area contributed by atoms with Gasteiger partial charge in [-0.25, -0.2) is 0 Å². The van der Waals surface area contributed by atoms with E-state index in [4.69, 9.17) is 10.00 Å². The van der Waals surface area contributed by atoms with Crippen molar-refractivity contribution in [1.82, 2.24) is 0 Å². The molecule has 0 saturated carbocycles. The molecule has 62 valence electrons. The van der Waals surface area contributed by atoms with Crippen molar-refractivity contribution in [2.24, 2.45) is 0 Å². The fourth-order valence-corrected chi connectivity index (χ4v) is 1.91. The molecule has 1 unspecified atom stereocenters. The van der Waals surface area contributed by atoms with Gasteiger partial charge in [-0.05, 0) is 19.3 Å². The van der Waals surface area contributed by atoms with Gasteiger partial charge in [-0.3, -0.25) is 0 Å². The summed E-state index contributed by atoms with van der Waals surface area (Å²) < 4.78 is 5.49. The van der Waals surface area contributed by atoms with Crippen molar-refractivity contribution >= 4 is 11.8 Å². The van der Waals surface area contributed by atoms with Crippen molar-refractivity contribution in [2.45, 2.75) is 25.4 Å². The Morgan fingerprint density at radius 3 is 3.09 bits per heavy atom. The zero-order valence-electron chi connectivity index (χ0n) is 6.58. The van der Waals surface area contributed by atoms with Gasteiger partial charge in [0.2, 0.25) is 0 Å². The first kappa shape index (κ1) is 8.89. The molecule has 3 heteroatoms. The summed E-state index contributed by atoms with van der Waals surface area (Å²) in [5, 5.41) is 8.28. The Labute approximate surface area is 71.9 Å². The molecule has 11 heavy (non-hydrogen) atoms. The molecule has 1 saturated heterocycles. The second-order valence-corrected chi connectivity index (χ2v) is 3.69. The van der Waals surface area contributed by atoms with Gasteiger partial charge in [-0.2, -0.15) is 5.26 Å². The zero-order valence-corrected chi connectivity index (χ0v) is 7.40.